The SMILES string of the molecule is CN(C)CCCNC(=S)N(C)[C@@H]1CCCc2ccccc21. The van der Waals surface area contributed by atoms with Crippen LogP contribution in [0.2, 0.25) is 0 Å². The summed E-state index contributed by atoms with van der Waals surface area (Å²) >= 11 is 5.57. The van der Waals surface area contributed by atoms with Crippen LogP contribution in [-0.2, 0) is 6.42 Å². The van der Waals surface area contributed by atoms with Gasteiger partial charge >= 0.3 is 0 Å². The third kappa shape index (κ3) is 4.42. The van der Waals surface area contributed by atoms with Crippen LogP contribution in [0.15, 0.2) is 24.3 Å². The largest absolute Gasteiger partial charge is 0.363 e. The van der Waals surface area contributed by atoms with Crippen molar-refractivity contribution in [1.82, 2.24) is 15.1 Å². The number of fused-ring (bicyclic) bond motifs is 1. The summed E-state index contributed by atoms with van der Waals surface area (Å²) in [5.74, 6) is 0. The Morgan fingerprint density at radius 1 is 1.29 bits per heavy atom. The molecule has 0 saturated carbocycles. The second-order valence-electron chi connectivity index (χ2n) is 6.11. The van der Waals surface area contributed by atoms with Crippen molar-refractivity contribution in [2.45, 2.75) is 31.7 Å². The van der Waals surface area contributed by atoms with Gasteiger partial charge in [0, 0.05) is 13.6 Å². The van der Waals surface area contributed by atoms with Crippen molar-refractivity contribution in [3.8, 4) is 0 Å². The van der Waals surface area contributed by atoms with E-state index in [0.717, 1.165) is 24.6 Å². The van der Waals surface area contributed by atoms with Crippen molar-refractivity contribution < 1.29 is 0 Å². The van der Waals surface area contributed by atoms with Crippen molar-refractivity contribution in [3.63, 3.8) is 0 Å². The van der Waals surface area contributed by atoms with Gasteiger partial charge in [-0.2, -0.15) is 0 Å². The third-order valence-electron chi connectivity index (χ3n) is 4.18. The zero-order valence-electron chi connectivity index (χ0n) is 13.4. The molecule has 0 saturated heterocycles. The molecule has 3 nitrogen and oxygen atoms in total. The lowest BCUT2D eigenvalue weighted by Gasteiger charge is -2.35. The molecule has 1 aliphatic carbocycles. The molecule has 0 fully saturated rings. The normalized spacial score (nSPS) is 17.4. The van der Waals surface area contributed by atoms with E-state index >= 15 is 0 Å². The molecule has 21 heavy (non-hydrogen) atoms. The van der Waals surface area contributed by atoms with Crippen LogP contribution in [0.25, 0.3) is 0 Å². The summed E-state index contributed by atoms with van der Waals surface area (Å²) in [7, 11) is 6.32. The van der Waals surface area contributed by atoms with E-state index in [1.54, 1.807) is 0 Å². The van der Waals surface area contributed by atoms with E-state index < -0.39 is 0 Å². The summed E-state index contributed by atoms with van der Waals surface area (Å²) < 4.78 is 0. The monoisotopic (exact) mass is 305 g/mol. The fraction of sp³-hybridized carbons (Fsp3) is 0.588. The highest BCUT2D eigenvalue weighted by atomic mass is 32.1. The summed E-state index contributed by atoms with van der Waals surface area (Å²) in [6, 6.07) is 9.20. The molecular weight excluding hydrogens is 278 g/mol. The first kappa shape index (κ1) is 16.2. The number of nitrogens with one attached hydrogen (secondary N) is 1. The Bertz CT molecular complexity index is 473. The van der Waals surface area contributed by atoms with Gasteiger partial charge in [-0.25, -0.2) is 0 Å². The standard InChI is InChI=1S/C17H27N3S/c1-19(2)13-7-12-18-17(21)20(3)16-11-6-9-14-8-4-5-10-15(14)16/h4-5,8,10,16H,6-7,9,11-13H2,1-3H3,(H,18,21)/t16-/m1/s1. The molecule has 0 bridgehead atoms. The predicted molar refractivity (Wildman–Crippen MR) is 93.7 cm³/mol. The Morgan fingerprint density at radius 2 is 2.05 bits per heavy atom. The van der Waals surface area contributed by atoms with Crippen LogP contribution < -0.4 is 5.32 Å². The Balaban J connectivity index is 1.91. The number of aryl methyl sites for hydroxylation is 1. The molecule has 4 heteroatoms. The maximum absolute atomic E-state index is 5.57. The van der Waals surface area contributed by atoms with Crippen molar-refractivity contribution in [2.24, 2.45) is 0 Å². The summed E-state index contributed by atoms with van der Waals surface area (Å²) in [6.45, 7) is 2.03. The molecule has 1 aromatic carbocycles. The molecule has 1 atom stereocenters. The summed E-state index contributed by atoms with van der Waals surface area (Å²) in [4.78, 5) is 4.44. The molecule has 1 aliphatic rings. The molecule has 0 unspecified atom stereocenters. The van der Waals surface area contributed by atoms with E-state index in [1.807, 2.05) is 0 Å². The van der Waals surface area contributed by atoms with Crippen molar-refractivity contribution in [1.29, 1.82) is 0 Å². The van der Waals surface area contributed by atoms with Crippen LogP contribution >= 0.6 is 12.2 Å². The molecule has 1 N–H and O–H groups in total. The van der Waals surface area contributed by atoms with Crippen molar-refractivity contribution >= 4 is 17.3 Å². The minimum absolute atomic E-state index is 0.420. The second kappa shape index (κ2) is 7.76. The third-order valence-corrected chi connectivity index (χ3v) is 4.62. The topological polar surface area (TPSA) is 18.5 Å². The van der Waals surface area contributed by atoms with Gasteiger partial charge in [-0.05, 0) is 69.7 Å². The van der Waals surface area contributed by atoms with Gasteiger partial charge in [0.05, 0.1) is 6.04 Å². The van der Waals surface area contributed by atoms with E-state index in [4.69, 9.17) is 12.2 Å². The molecule has 0 radical (unpaired) electrons. The molecule has 116 valence electrons. The average molecular weight is 305 g/mol. The Hall–Kier alpha value is -1.13. The summed E-state index contributed by atoms with van der Waals surface area (Å²) in [6.07, 6.45) is 4.74. The van der Waals surface area contributed by atoms with E-state index in [2.05, 4.69) is 60.5 Å². The number of rotatable bonds is 5. The van der Waals surface area contributed by atoms with Crippen LogP contribution in [0.4, 0.5) is 0 Å². The number of hydrogen-bond acceptors (Lipinski definition) is 2. The smallest absolute Gasteiger partial charge is 0.169 e. The van der Waals surface area contributed by atoms with Crippen LogP contribution in [0.3, 0.4) is 0 Å². The number of hydrogen-bond donors (Lipinski definition) is 1. The first-order chi connectivity index (χ1) is 10.1. The van der Waals surface area contributed by atoms with E-state index in [1.165, 1.54) is 30.4 Å². The predicted octanol–water partition coefficient (Wildman–Crippen LogP) is 2.82. The quantitative estimate of drug-likeness (QED) is 0.666. The molecule has 0 aliphatic heterocycles. The minimum atomic E-state index is 0.420. The molecular formula is C17H27N3S. The number of nitrogens with zero attached hydrogens (tertiary/aromatic N) is 2. The van der Waals surface area contributed by atoms with Gasteiger partial charge in [0.1, 0.15) is 0 Å². The average Bonchev–Trinajstić information content (AvgIpc) is 2.50. The minimum Gasteiger partial charge on any atom is -0.363 e. The number of benzene rings is 1. The van der Waals surface area contributed by atoms with Gasteiger partial charge in [0.2, 0.25) is 0 Å². The fourth-order valence-electron chi connectivity index (χ4n) is 2.99. The van der Waals surface area contributed by atoms with Crippen molar-refractivity contribution in [2.75, 3.05) is 34.2 Å². The van der Waals surface area contributed by atoms with Gasteiger partial charge in [0.25, 0.3) is 0 Å². The van der Waals surface area contributed by atoms with E-state index in [9.17, 15) is 0 Å². The lowest BCUT2D eigenvalue weighted by molar-refractivity contribution is 0.326. The van der Waals surface area contributed by atoms with Crippen LogP contribution in [0.1, 0.15) is 36.4 Å². The van der Waals surface area contributed by atoms with E-state index in [0.29, 0.717) is 6.04 Å². The maximum atomic E-state index is 5.57. The Kier molecular flexibility index (Phi) is 6.00. The van der Waals surface area contributed by atoms with Gasteiger partial charge < -0.3 is 15.1 Å². The molecule has 2 rings (SSSR count). The molecule has 0 aromatic heterocycles. The number of thiocarbonyl (C=S) groups is 1. The van der Waals surface area contributed by atoms with Gasteiger partial charge in [-0.1, -0.05) is 24.3 Å². The lowest BCUT2D eigenvalue weighted by Crippen LogP contribution is -2.41. The fourth-order valence-corrected chi connectivity index (χ4v) is 3.22. The highest BCUT2D eigenvalue weighted by molar-refractivity contribution is 7.80. The zero-order chi connectivity index (χ0) is 15.2. The summed E-state index contributed by atoms with van der Waals surface area (Å²) in [5.41, 5.74) is 2.93. The molecule has 0 spiro atoms. The highest BCUT2D eigenvalue weighted by Crippen LogP contribution is 2.33. The first-order valence-corrected chi connectivity index (χ1v) is 8.23. The maximum Gasteiger partial charge on any atom is 0.169 e. The van der Waals surface area contributed by atoms with E-state index in [-0.39, 0.29) is 0 Å². The Morgan fingerprint density at radius 3 is 2.81 bits per heavy atom. The van der Waals surface area contributed by atoms with Crippen LogP contribution in [0.5, 0.6) is 0 Å². The first-order valence-electron chi connectivity index (χ1n) is 7.83. The zero-order valence-corrected chi connectivity index (χ0v) is 14.2. The highest BCUT2D eigenvalue weighted by Gasteiger charge is 2.24. The molecule has 0 heterocycles. The van der Waals surface area contributed by atoms with Crippen molar-refractivity contribution in [3.05, 3.63) is 35.4 Å². The van der Waals surface area contributed by atoms with Gasteiger partial charge in [-0.15, -0.1) is 0 Å². The Labute approximate surface area is 134 Å². The van der Waals surface area contributed by atoms with Gasteiger partial charge in [-0.3, -0.25) is 0 Å². The van der Waals surface area contributed by atoms with Gasteiger partial charge in [0.15, 0.2) is 5.11 Å². The van der Waals surface area contributed by atoms with Crippen LogP contribution in [0, 0.1) is 0 Å². The molecule has 0 amide bonds. The lowest BCUT2D eigenvalue weighted by atomic mass is 9.87. The summed E-state index contributed by atoms with van der Waals surface area (Å²) in [5, 5.41) is 4.27. The molecule has 1 aromatic rings. The second-order valence-corrected chi connectivity index (χ2v) is 6.49. The van der Waals surface area contributed by atoms with Crippen LogP contribution in [-0.4, -0.2) is 49.1 Å².